The van der Waals surface area contributed by atoms with Gasteiger partial charge in [0.05, 0.1) is 7.11 Å². The normalized spacial score (nSPS) is 24.4. The molecule has 1 saturated carbocycles. The average molecular weight is 275 g/mol. The minimum atomic E-state index is 0.478. The quantitative estimate of drug-likeness (QED) is 0.879. The molecule has 1 aromatic rings. The van der Waals surface area contributed by atoms with E-state index in [0.29, 0.717) is 6.04 Å². The fourth-order valence-electron chi connectivity index (χ4n) is 3.78. The molecule has 0 saturated heterocycles. The van der Waals surface area contributed by atoms with Gasteiger partial charge in [-0.05, 0) is 62.3 Å². The fraction of sp³-hybridized carbons (Fsp3) is 0.667. The van der Waals surface area contributed by atoms with Crippen molar-refractivity contribution in [3.8, 4) is 5.75 Å². The van der Waals surface area contributed by atoms with E-state index < -0.39 is 0 Å². The molecule has 0 heterocycles. The van der Waals surface area contributed by atoms with Gasteiger partial charge in [0.25, 0.3) is 0 Å². The number of aryl methyl sites for hydroxylation is 2. The van der Waals surface area contributed by atoms with Gasteiger partial charge in [-0.2, -0.15) is 0 Å². The summed E-state index contributed by atoms with van der Waals surface area (Å²) in [6.07, 6.45) is 5.43. The van der Waals surface area contributed by atoms with Gasteiger partial charge in [-0.3, -0.25) is 0 Å². The Hall–Kier alpha value is -1.02. The molecule has 0 aliphatic heterocycles. The van der Waals surface area contributed by atoms with Crippen LogP contribution in [0.15, 0.2) is 12.1 Å². The second-order valence-corrected chi connectivity index (χ2v) is 6.47. The van der Waals surface area contributed by atoms with Crippen LogP contribution in [0.4, 0.5) is 0 Å². The van der Waals surface area contributed by atoms with Gasteiger partial charge in [0.1, 0.15) is 5.75 Å². The number of hydrogen-bond acceptors (Lipinski definition) is 2. The van der Waals surface area contributed by atoms with Crippen LogP contribution in [-0.2, 0) is 0 Å². The van der Waals surface area contributed by atoms with E-state index >= 15 is 0 Å². The van der Waals surface area contributed by atoms with Crippen LogP contribution in [-0.4, -0.2) is 14.2 Å². The monoisotopic (exact) mass is 275 g/mol. The molecule has 0 radical (unpaired) electrons. The summed E-state index contributed by atoms with van der Waals surface area (Å²) in [5.74, 6) is 2.70. The molecule has 1 aliphatic rings. The van der Waals surface area contributed by atoms with E-state index in [2.05, 4.69) is 45.3 Å². The van der Waals surface area contributed by atoms with Gasteiger partial charge in [0.2, 0.25) is 0 Å². The lowest BCUT2D eigenvalue weighted by Gasteiger charge is -2.33. The molecule has 1 fully saturated rings. The first kappa shape index (κ1) is 15.4. The van der Waals surface area contributed by atoms with E-state index in [1.54, 1.807) is 7.11 Å². The predicted octanol–water partition coefficient (Wildman–Crippen LogP) is 4.40. The maximum absolute atomic E-state index is 5.48. The van der Waals surface area contributed by atoms with Gasteiger partial charge < -0.3 is 10.1 Å². The molecule has 1 atom stereocenters. The van der Waals surface area contributed by atoms with Crippen molar-refractivity contribution in [1.82, 2.24) is 5.32 Å². The lowest BCUT2D eigenvalue weighted by Crippen LogP contribution is -2.28. The Morgan fingerprint density at radius 3 is 2.10 bits per heavy atom. The third-order valence-corrected chi connectivity index (χ3v) is 4.89. The highest BCUT2D eigenvalue weighted by molar-refractivity contribution is 5.44. The lowest BCUT2D eigenvalue weighted by molar-refractivity contribution is 0.238. The number of hydrogen-bond donors (Lipinski definition) is 1. The zero-order chi connectivity index (χ0) is 14.7. The Morgan fingerprint density at radius 1 is 1.10 bits per heavy atom. The highest BCUT2D eigenvalue weighted by Crippen LogP contribution is 2.38. The van der Waals surface area contributed by atoms with Crippen molar-refractivity contribution in [2.45, 2.75) is 52.5 Å². The topological polar surface area (TPSA) is 21.3 Å². The molecule has 112 valence electrons. The zero-order valence-corrected chi connectivity index (χ0v) is 13.6. The molecule has 20 heavy (non-hydrogen) atoms. The van der Waals surface area contributed by atoms with Gasteiger partial charge in [-0.15, -0.1) is 0 Å². The molecule has 0 spiro atoms. The van der Waals surface area contributed by atoms with Crippen LogP contribution in [0.25, 0.3) is 0 Å². The largest absolute Gasteiger partial charge is 0.496 e. The Balaban J connectivity index is 2.23. The Kier molecular flexibility index (Phi) is 5.09. The molecule has 1 N–H and O–H groups in total. The smallest absolute Gasteiger partial charge is 0.124 e. The second kappa shape index (κ2) is 6.62. The molecule has 2 nitrogen and oxygen atoms in total. The van der Waals surface area contributed by atoms with Crippen molar-refractivity contribution in [3.63, 3.8) is 0 Å². The van der Waals surface area contributed by atoms with Crippen molar-refractivity contribution >= 4 is 0 Å². The van der Waals surface area contributed by atoms with E-state index in [1.165, 1.54) is 42.4 Å². The maximum atomic E-state index is 5.48. The molecular formula is C18H29NO. The molecule has 2 heteroatoms. The van der Waals surface area contributed by atoms with Gasteiger partial charge in [0.15, 0.2) is 0 Å². The third kappa shape index (κ3) is 3.17. The van der Waals surface area contributed by atoms with Crippen LogP contribution in [0.1, 0.15) is 55.3 Å². The van der Waals surface area contributed by atoms with Gasteiger partial charge in [-0.1, -0.05) is 31.9 Å². The first-order valence-corrected chi connectivity index (χ1v) is 7.89. The molecular weight excluding hydrogens is 246 g/mol. The number of ether oxygens (including phenoxy) is 1. The predicted molar refractivity (Wildman–Crippen MR) is 85.4 cm³/mol. The van der Waals surface area contributed by atoms with Gasteiger partial charge in [0, 0.05) is 6.04 Å². The van der Waals surface area contributed by atoms with Crippen molar-refractivity contribution in [2.75, 3.05) is 14.2 Å². The minimum absolute atomic E-state index is 0.478. The van der Waals surface area contributed by atoms with E-state index in [0.717, 1.165) is 17.6 Å². The summed E-state index contributed by atoms with van der Waals surface area (Å²) in [6, 6.07) is 5.07. The fourth-order valence-corrected chi connectivity index (χ4v) is 3.78. The van der Waals surface area contributed by atoms with Crippen molar-refractivity contribution in [1.29, 1.82) is 0 Å². The lowest BCUT2D eigenvalue weighted by atomic mass is 9.77. The van der Waals surface area contributed by atoms with Crippen molar-refractivity contribution in [2.24, 2.45) is 11.8 Å². The molecule has 1 unspecified atom stereocenters. The summed E-state index contributed by atoms with van der Waals surface area (Å²) in [6.45, 7) is 6.67. The molecule has 0 aromatic heterocycles. The SMILES string of the molecule is CNC(c1cc(C)c(OC)c(C)c1)C1CCC(C)CC1. The third-order valence-electron chi connectivity index (χ3n) is 4.89. The highest BCUT2D eigenvalue weighted by atomic mass is 16.5. The first-order chi connectivity index (χ1) is 9.56. The summed E-state index contributed by atoms with van der Waals surface area (Å²) in [4.78, 5) is 0. The minimum Gasteiger partial charge on any atom is -0.496 e. The average Bonchev–Trinajstić information content (AvgIpc) is 2.41. The van der Waals surface area contributed by atoms with E-state index in [9.17, 15) is 0 Å². The Labute approximate surface area is 123 Å². The van der Waals surface area contributed by atoms with Crippen LogP contribution >= 0.6 is 0 Å². The van der Waals surface area contributed by atoms with Crippen LogP contribution in [0.5, 0.6) is 5.75 Å². The summed E-state index contributed by atoms with van der Waals surface area (Å²) in [5, 5.41) is 3.55. The summed E-state index contributed by atoms with van der Waals surface area (Å²) < 4.78 is 5.48. The van der Waals surface area contributed by atoms with E-state index in [-0.39, 0.29) is 0 Å². The highest BCUT2D eigenvalue weighted by Gasteiger charge is 2.26. The van der Waals surface area contributed by atoms with Crippen LogP contribution in [0.3, 0.4) is 0 Å². The molecule has 1 aliphatic carbocycles. The van der Waals surface area contributed by atoms with Crippen LogP contribution in [0.2, 0.25) is 0 Å². The summed E-state index contributed by atoms with van der Waals surface area (Å²) in [5.41, 5.74) is 3.90. The summed E-state index contributed by atoms with van der Waals surface area (Å²) in [7, 11) is 3.85. The molecule has 2 rings (SSSR count). The second-order valence-electron chi connectivity index (χ2n) is 6.47. The number of methoxy groups -OCH3 is 1. The molecule has 0 amide bonds. The Bertz CT molecular complexity index is 424. The number of nitrogens with one attached hydrogen (secondary N) is 1. The van der Waals surface area contributed by atoms with Crippen molar-refractivity contribution in [3.05, 3.63) is 28.8 Å². The zero-order valence-electron chi connectivity index (χ0n) is 13.6. The molecule has 0 bridgehead atoms. The van der Waals surface area contributed by atoms with Crippen LogP contribution < -0.4 is 10.1 Å². The molecule has 1 aromatic carbocycles. The van der Waals surface area contributed by atoms with E-state index in [4.69, 9.17) is 4.74 Å². The van der Waals surface area contributed by atoms with Crippen LogP contribution in [0, 0.1) is 25.7 Å². The Morgan fingerprint density at radius 2 is 1.65 bits per heavy atom. The van der Waals surface area contributed by atoms with Gasteiger partial charge in [-0.25, -0.2) is 0 Å². The van der Waals surface area contributed by atoms with E-state index in [1.807, 2.05) is 0 Å². The standard InChI is InChI=1S/C18H29NO/c1-12-6-8-15(9-7-12)17(19-4)16-10-13(2)18(20-5)14(3)11-16/h10-12,15,17,19H,6-9H2,1-5H3. The first-order valence-electron chi connectivity index (χ1n) is 7.89. The van der Waals surface area contributed by atoms with Gasteiger partial charge >= 0.3 is 0 Å². The number of rotatable bonds is 4. The summed E-state index contributed by atoms with van der Waals surface area (Å²) >= 11 is 0. The number of benzene rings is 1. The maximum Gasteiger partial charge on any atom is 0.124 e. The van der Waals surface area contributed by atoms with Crippen molar-refractivity contribution < 1.29 is 4.74 Å².